The molecule has 1 aliphatic rings. The van der Waals surface area contributed by atoms with E-state index in [1.807, 2.05) is 18.2 Å². The SMILES string of the molecule is C[C@H](c1ccc(-c2ccc(-c3ccc(Cl)c(Cl)c3)cc2)cc1)N1CCCC1. The summed E-state index contributed by atoms with van der Waals surface area (Å²) in [6.45, 7) is 4.75. The van der Waals surface area contributed by atoms with Crippen molar-refractivity contribution in [1.82, 2.24) is 4.90 Å². The number of hydrogen-bond donors (Lipinski definition) is 0. The van der Waals surface area contributed by atoms with E-state index in [-0.39, 0.29) is 0 Å². The first-order chi connectivity index (χ1) is 13.1. The molecule has 1 nitrogen and oxygen atoms in total. The van der Waals surface area contributed by atoms with E-state index in [4.69, 9.17) is 23.2 Å². The molecule has 4 rings (SSSR count). The summed E-state index contributed by atoms with van der Waals surface area (Å²) in [6, 6.07) is 23.8. The van der Waals surface area contributed by atoms with Gasteiger partial charge in [0.15, 0.2) is 0 Å². The van der Waals surface area contributed by atoms with Crippen LogP contribution in [0.1, 0.15) is 31.4 Å². The van der Waals surface area contributed by atoms with Crippen LogP contribution in [-0.4, -0.2) is 18.0 Å². The van der Waals surface area contributed by atoms with Crippen LogP contribution in [0.25, 0.3) is 22.3 Å². The number of benzene rings is 3. The molecule has 1 aliphatic heterocycles. The first kappa shape index (κ1) is 18.6. The Morgan fingerprint density at radius 1 is 0.667 bits per heavy atom. The summed E-state index contributed by atoms with van der Waals surface area (Å²) in [6.07, 6.45) is 2.65. The second-order valence-corrected chi connectivity index (χ2v) is 8.06. The van der Waals surface area contributed by atoms with Gasteiger partial charge in [-0.05, 0) is 72.8 Å². The first-order valence-electron chi connectivity index (χ1n) is 9.52. The molecule has 27 heavy (non-hydrogen) atoms. The van der Waals surface area contributed by atoms with E-state index < -0.39 is 0 Å². The van der Waals surface area contributed by atoms with Gasteiger partial charge in [-0.25, -0.2) is 0 Å². The van der Waals surface area contributed by atoms with Gasteiger partial charge in [-0.15, -0.1) is 0 Å². The van der Waals surface area contributed by atoms with Gasteiger partial charge in [0.2, 0.25) is 0 Å². The second-order valence-electron chi connectivity index (χ2n) is 7.25. The Hall–Kier alpha value is -1.80. The van der Waals surface area contributed by atoms with Crippen LogP contribution in [0, 0.1) is 0 Å². The lowest BCUT2D eigenvalue weighted by atomic mass is 9.98. The summed E-state index contributed by atoms with van der Waals surface area (Å²) >= 11 is 12.2. The minimum absolute atomic E-state index is 0.499. The fourth-order valence-corrected chi connectivity index (χ4v) is 4.12. The highest BCUT2D eigenvalue weighted by molar-refractivity contribution is 6.42. The Morgan fingerprint density at radius 3 is 1.70 bits per heavy atom. The van der Waals surface area contributed by atoms with Crippen LogP contribution in [0.3, 0.4) is 0 Å². The minimum Gasteiger partial charge on any atom is -0.297 e. The Balaban J connectivity index is 1.52. The molecular formula is C24H23Cl2N. The van der Waals surface area contributed by atoms with Crippen LogP contribution >= 0.6 is 23.2 Å². The molecule has 0 N–H and O–H groups in total. The second kappa shape index (κ2) is 8.06. The normalized spacial score (nSPS) is 15.8. The smallest absolute Gasteiger partial charge is 0.0598 e. The number of likely N-dealkylation sites (tertiary alicyclic amines) is 1. The zero-order valence-electron chi connectivity index (χ0n) is 15.5. The van der Waals surface area contributed by atoms with Crippen LogP contribution in [0.15, 0.2) is 66.7 Å². The third-order valence-corrected chi connectivity index (χ3v) is 6.29. The van der Waals surface area contributed by atoms with Gasteiger partial charge in [-0.2, -0.15) is 0 Å². The van der Waals surface area contributed by atoms with Crippen molar-refractivity contribution in [3.8, 4) is 22.3 Å². The third-order valence-electron chi connectivity index (χ3n) is 5.55. The monoisotopic (exact) mass is 395 g/mol. The molecule has 0 radical (unpaired) electrons. The number of halogens is 2. The topological polar surface area (TPSA) is 3.24 Å². The van der Waals surface area contributed by atoms with Gasteiger partial charge < -0.3 is 0 Å². The third kappa shape index (κ3) is 4.06. The van der Waals surface area contributed by atoms with Gasteiger partial charge in [0.1, 0.15) is 0 Å². The fraction of sp³-hybridized carbons (Fsp3) is 0.250. The molecule has 0 aromatic heterocycles. The molecule has 3 aromatic rings. The van der Waals surface area contributed by atoms with Crippen LogP contribution < -0.4 is 0 Å². The predicted molar refractivity (Wildman–Crippen MR) is 117 cm³/mol. The Bertz CT molecular complexity index is 910. The van der Waals surface area contributed by atoms with E-state index in [9.17, 15) is 0 Å². The summed E-state index contributed by atoms with van der Waals surface area (Å²) in [5.41, 5.74) is 6.07. The Morgan fingerprint density at radius 2 is 1.15 bits per heavy atom. The van der Waals surface area contributed by atoms with Crippen molar-refractivity contribution in [2.45, 2.75) is 25.8 Å². The van der Waals surface area contributed by atoms with E-state index in [1.54, 1.807) is 0 Å². The molecule has 138 valence electrons. The van der Waals surface area contributed by atoms with Gasteiger partial charge in [0.25, 0.3) is 0 Å². The molecule has 0 spiro atoms. The fourth-order valence-electron chi connectivity index (χ4n) is 3.82. The van der Waals surface area contributed by atoms with Crippen molar-refractivity contribution in [1.29, 1.82) is 0 Å². The summed E-state index contributed by atoms with van der Waals surface area (Å²) in [7, 11) is 0. The highest BCUT2D eigenvalue weighted by Gasteiger charge is 2.19. The molecule has 0 amide bonds. The highest BCUT2D eigenvalue weighted by atomic mass is 35.5. The van der Waals surface area contributed by atoms with Gasteiger partial charge in [0, 0.05) is 6.04 Å². The van der Waals surface area contributed by atoms with Gasteiger partial charge in [-0.1, -0.05) is 77.8 Å². The van der Waals surface area contributed by atoms with Crippen molar-refractivity contribution in [3.05, 3.63) is 82.3 Å². The van der Waals surface area contributed by atoms with E-state index >= 15 is 0 Å². The highest BCUT2D eigenvalue weighted by Crippen LogP contribution is 2.31. The lowest BCUT2D eigenvalue weighted by molar-refractivity contribution is 0.263. The lowest BCUT2D eigenvalue weighted by Crippen LogP contribution is -2.23. The zero-order chi connectivity index (χ0) is 18.8. The molecule has 0 saturated carbocycles. The van der Waals surface area contributed by atoms with Crippen LogP contribution in [0.4, 0.5) is 0 Å². The first-order valence-corrected chi connectivity index (χ1v) is 10.3. The zero-order valence-corrected chi connectivity index (χ0v) is 17.0. The van der Waals surface area contributed by atoms with Crippen molar-refractivity contribution >= 4 is 23.2 Å². The summed E-state index contributed by atoms with van der Waals surface area (Å²) in [5.74, 6) is 0. The van der Waals surface area contributed by atoms with Gasteiger partial charge >= 0.3 is 0 Å². The average molecular weight is 396 g/mol. The maximum absolute atomic E-state index is 6.14. The van der Waals surface area contributed by atoms with Crippen LogP contribution in [0.5, 0.6) is 0 Å². The van der Waals surface area contributed by atoms with Crippen molar-refractivity contribution in [2.75, 3.05) is 13.1 Å². The maximum atomic E-state index is 6.14. The summed E-state index contributed by atoms with van der Waals surface area (Å²) < 4.78 is 0. The van der Waals surface area contributed by atoms with Crippen molar-refractivity contribution < 1.29 is 0 Å². The van der Waals surface area contributed by atoms with Crippen LogP contribution in [-0.2, 0) is 0 Å². The Labute approximate surface area is 171 Å². The molecule has 1 atom stereocenters. The average Bonchev–Trinajstić information content (AvgIpc) is 3.25. The number of rotatable bonds is 4. The summed E-state index contributed by atoms with van der Waals surface area (Å²) in [4.78, 5) is 2.57. The molecule has 0 aliphatic carbocycles. The quantitative estimate of drug-likeness (QED) is 0.442. The lowest BCUT2D eigenvalue weighted by Gasteiger charge is -2.24. The van der Waals surface area contributed by atoms with Crippen molar-refractivity contribution in [2.24, 2.45) is 0 Å². The summed E-state index contributed by atoms with van der Waals surface area (Å²) in [5, 5.41) is 1.17. The Kier molecular flexibility index (Phi) is 5.54. The van der Waals surface area contributed by atoms with E-state index in [0.29, 0.717) is 16.1 Å². The predicted octanol–water partition coefficient (Wildman–Crippen LogP) is 7.48. The number of nitrogens with zero attached hydrogens (tertiary/aromatic N) is 1. The van der Waals surface area contributed by atoms with Gasteiger partial charge in [-0.3, -0.25) is 4.90 Å². The van der Waals surface area contributed by atoms with E-state index in [2.05, 4.69) is 60.4 Å². The molecule has 3 aromatic carbocycles. The van der Waals surface area contributed by atoms with Gasteiger partial charge in [0.05, 0.1) is 10.0 Å². The maximum Gasteiger partial charge on any atom is 0.0598 e. The molecule has 0 unspecified atom stereocenters. The molecule has 0 bridgehead atoms. The molecule has 1 saturated heterocycles. The van der Waals surface area contributed by atoms with E-state index in [1.165, 1.54) is 42.6 Å². The van der Waals surface area contributed by atoms with Crippen LogP contribution in [0.2, 0.25) is 10.0 Å². The minimum atomic E-state index is 0.499. The van der Waals surface area contributed by atoms with E-state index in [0.717, 1.165) is 11.1 Å². The standard InChI is InChI=1S/C24H23Cl2N/c1-17(27-14-2-3-15-27)18-4-6-19(7-5-18)20-8-10-21(11-9-20)22-12-13-23(25)24(26)16-22/h4-13,16-17H,2-3,14-15H2,1H3/t17-/m1/s1. The largest absolute Gasteiger partial charge is 0.297 e. The molecule has 1 heterocycles. The van der Waals surface area contributed by atoms with Crippen molar-refractivity contribution in [3.63, 3.8) is 0 Å². The molecule has 1 fully saturated rings. The molecule has 3 heteroatoms. The number of hydrogen-bond acceptors (Lipinski definition) is 1. The molecular weight excluding hydrogens is 373 g/mol.